The van der Waals surface area contributed by atoms with Crippen LogP contribution in [-0.4, -0.2) is 16.6 Å². The molecular formula is C19H19FN2O3S. The summed E-state index contributed by atoms with van der Waals surface area (Å²) in [4.78, 5) is 24.4. The molecule has 1 atom stereocenters. The van der Waals surface area contributed by atoms with Gasteiger partial charge in [0.25, 0.3) is 5.91 Å². The van der Waals surface area contributed by atoms with Crippen LogP contribution in [0.25, 0.3) is 10.2 Å². The fourth-order valence-electron chi connectivity index (χ4n) is 2.67. The Morgan fingerprint density at radius 2 is 1.96 bits per heavy atom. The van der Waals surface area contributed by atoms with Crippen molar-refractivity contribution in [2.24, 2.45) is 0 Å². The third-order valence-electron chi connectivity index (χ3n) is 4.01. The number of amides is 1. The SMILES string of the molecule is CC[C@H](Oc1ccc(F)cc1)C(=O)Nc1ccc2c(c1)sc(=O)n2CC. The number of carbonyl (C=O) groups is 1. The Balaban J connectivity index is 1.76. The summed E-state index contributed by atoms with van der Waals surface area (Å²) in [6.07, 6.45) is -0.236. The summed E-state index contributed by atoms with van der Waals surface area (Å²) in [7, 11) is 0. The van der Waals surface area contributed by atoms with Crippen LogP contribution in [0.4, 0.5) is 10.1 Å². The number of benzene rings is 2. The molecule has 7 heteroatoms. The summed E-state index contributed by atoms with van der Waals surface area (Å²) in [5, 5.41) is 2.82. The molecule has 0 aliphatic rings. The number of nitrogens with one attached hydrogen (secondary N) is 1. The topological polar surface area (TPSA) is 60.3 Å². The normalized spacial score (nSPS) is 12.1. The molecule has 0 saturated heterocycles. The second-order valence-electron chi connectivity index (χ2n) is 5.75. The predicted molar refractivity (Wildman–Crippen MR) is 101 cm³/mol. The fraction of sp³-hybridized carbons (Fsp3) is 0.263. The van der Waals surface area contributed by atoms with E-state index in [1.54, 1.807) is 16.7 Å². The van der Waals surface area contributed by atoms with Crippen LogP contribution in [0, 0.1) is 5.82 Å². The molecule has 2 aromatic carbocycles. The Labute approximate surface area is 154 Å². The molecule has 0 unspecified atom stereocenters. The number of ether oxygens (including phenoxy) is 1. The number of thiazole rings is 1. The first kappa shape index (κ1) is 18.1. The van der Waals surface area contributed by atoms with E-state index < -0.39 is 6.10 Å². The summed E-state index contributed by atoms with van der Waals surface area (Å²) in [6, 6.07) is 10.9. The average molecular weight is 374 g/mol. The van der Waals surface area contributed by atoms with Crippen molar-refractivity contribution < 1.29 is 13.9 Å². The van der Waals surface area contributed by atoms with Crippen molar-refractivity contribution in [1.29, 1.82) is 0 Å². The number of nitrogens with zero attached hydrogens (tertiary/aromatic N) is 1. The zero-order valence-corrected chi connectivity index (χ0v) is 15.3. The van der Waals surface area contributed by atoms with E-state index in [0.717, 1.165) is 21.6 Å². The molecule has 1 heterocycles. The number of halogens is 1. The largest absolute Gasteiger partial charge is 0.481 e. The first-order valence-corrected chi connectivity index (χ1v) is 9.20. The number of hydrogen-bond acceptors (Lipinski definition) is 4. The van der Waals surface area contributed by atoms with Crippen LogP contribution >= 0.6 is 11.3 Å². The number of aryl methyl sites for hydroxylation is 1. The third kappa shape index (κ3) is 3.77. The molecule has 0 bridgehead atoms. The van der Waals surface area contributed by atoms with Gasteiger partial charge in [-0.2, -0.15) is 0 Å². The number of anilines is 1. The Kier molecular flexibility index (Phi) is 5.37. The van der Waals surface area contributed by atoms with Gasteiger partial charge in [-0.3, -0.25) is 14.2 Å². The maximum Gasteiger partial charge on any atom is 0.308 e. The van der Waals surface area contributed by atoms with Crippen LogP contribution in [-0.2, 0) is 11.3 Å². The summed E-state index contributed by atoms with van der Waals surface area (Å²) in [5.74, 6) is -0.221. The van der Waals surface area contributed by atoms with Gasteiger partial charge in [-0.1, -0.05) is 18.3 Å². The smallest absolute Gasteiger partial charge is 0.308 e. The Morgan fingerprint density at radius 3 is 2.62 bits per heavy atom. The van der Waals surface area contributed by atoms with Crippen LogP contribution in [0.1, 0.15) is 20.3 Å². The fourth-order valence-corrected chi connectivity index (χ4v) is 3.66. The lowest BCUT2D eigenvalue weighted by molar-refractivity contribution is -0.122. The van der Waals surface area contributed by atoms with E-state index in [1.807, 2.05) is 19.9 Å². The zero-order chi connectivity index (χ0) is 18.7. The summed E-state index contributed by atoms with van der Waals surface area (Å²) >= 11 is 1.15. The molecule has 0 spiro atoms. The van der Waals surface area contributed by atoms with Gasteiger partial charge in [0.2, 0.25) is 0 Å². The average Bonchev–Trinajstić information content (AvgIpc) is 2.95. The first-order valence-electron chi connectivity index (χ1n) is 8.38. The van der Waals surface area contributed by atoms with E-state index >= 15 is 0 Å². The van der Waals surface area contributed by atoms with Crippen LogP contribution in [0.15, 0.2) is 47.3 Å². The molecule has 1 aromatic heterocycles. The van der Waals surface area contributed by atoms with Gasteiger partial charge in [0.05, 0.1) is 10.2 Å². The van der Waals surface area contributed by atoms with Gasteiger partial charge in [0.15, 0.2) is 6.10 Å². The number of rotatable bonds is 6. The van der Waals surface area contributed by atoms with Gasteiger partial charge in [-0.05, 0) is 55.8 Å². The van der Waals surface area contributed by atoms with E-state index in [-0.39, 0.29) is 16.6 Å². The quantitative estimate of drug-likeness (QED) is 0.709. The van der Waals surface area contributed by atoms with Gasteiger partial charge in [0, 0.05) is 12.2 Å². The highest BCUT2D eigenvalue weighted by Crippen LogP contribution is 2.22. The predicted octanol–water partition coefficient (Wildman–Crippen LogP) is 4.02. The minimum absolute atomic E-state index is 0.0166. The van der Waals surface area contributed by atoms with Crippen molar-refractivity contribution in [2.45, 2.75) is 32.9 Å². The molecule has 0 fully saturated rings. The van der Waals surface area contributed by atoms with Crippen molar-refractivity contribution in [1.82, 2.24) is 4.57 Å². The Morgan fingerprint density at radius 1 is 1.23 bits per heavy atom. The van der Waals surface area contributed by atoms with Gasteiger partial charge in [-0.15, -0.1) is 0 Å². The lowest BCUT2D eigenvalue weighted by Crippen LogP contribution is -2.32. The van der Waals surface area contributed by atoms with Gasteiger partial charge in [-0.25, -0.2) is 4.39 Å². The van der Waals surface area contributed by atoms with E-state index in [9.17, 15) is 14.0 Å². The maximum absolute atomic E-state index is 13.0. The molecule has 3 rings (SSSR count). The van der Waals surface area contributed by atoms with Crippen LogP contribution in [0.2, 0.25) is 0 Å². The lowest BCUT2D eigenvalue weighted by atomic mass is 10.2. The summed E-state index contributed by atoms with van der Waals surface area (Å²) in [5.41, 5.74) is 1.46. The van der Waals surface area contributed by atoms with Crippen molar-refractivity contribution in [3.8, 4) is 5.75 Å². The standard InChI is InChI=1S/C19H19FN2O3S/c1-3-16(25-14-8-5-12(20)6-9-14)18(23)21-13-7-10-15-17(11-13)26-19(24)22(15)4-2/h5-11,16H,3-4H2,1-2H3,(H,21,23)/t16-/m0/s1. The first-order chi connectivity index (χ1) is 12.5. The van der Waals surface area contributed by atoms with Crippen molar-refractivity contribution in [3.05, 3.63) is 57.9 Å². The van der Waals surface area contributed by atoms with Crippen molar-refractivity contribution >= 4 is 33.1 Å². The van der Waals surface area contributed by atoms with Crippen LogP contribution in [0.3, 0.4) is 0 Å². The van der Waals surface area contributed by atoms with Gasteiger partial charge < -0.3 is 10.1 Å². The van der Waals surface area contributed by atoms with Crippen LogP contribution < -0.4 is 14.9 Å². The number of fused-ring (bicyclic) bond motifs is 1. The highest BCUT2D eigenvalue weighted by atomic mass is 32.1. The van der Waals surface area contributed by atoms with Crippen molar-refractivity contribution in [3.63, 3.8) is 0 Å². The number of hydrogen-bond donors (Lipinski definition) is 1. The summed E-state index contributed by atoms with van der Waals surface area (Å²) in [6.45, 7) is 4.36. The summed E-state index contributed by atoms with van der Waals surface area (Å²) < 4.78 is 21.1. The second-order valence-corrected chi connectivity index (χ2v) is 6.75. The molecule has 0 radical (unpaired) electrons. The maximum atomic E-state index is 13.0. The zero-order valence-electron chi connectivity index (χ0n) is 14.5. The Hall–Kier alpha value is -2.67. The number of carbonyl (C=O) groups excluding carboxylic acids is 1. The van der Waals surface area contributed by atoms with E-state index in [1.165, 1.54) is 24.3 Å². The monoisotopic (exact) mass is 374 g/mol. The molecule has 1 N–H and O–H groups in total. The molecule has 0 aliphatic carbocycles. The molecular weight excluding hydrogens is 355 g/mol. The van der Waals surface area contributed by atoms with Crippen molar-refractivity contribution in [2.75, 3.05) is 5.32 Å². The minimum atomic E-state index is -0.699. The lowest BCUT2D eigenvalue weighted by Gasteiger charge is -2.17. The molecule has 3 aromatic rings. The molecule has 1 amide bonds. The highest BCUT2D eigenvalue weighted by molar-refractivity contribution is 7.16. The van der Waals surface area contributed by atoms with E-state index in [2.05, 4.69) is 5.32 Å². The molecule has 0 aliphatic heterocycles. The van der Waals surface area contributed by atoms with E-state index in [4.69, 9.17) is 4.74 Å². The Bertz CT molecular complexity index is 979. The van der Waals surface area contributed by atoms with Gasteiger partial charge in [0.1, 0.15) is 11.6 Å². The minimum Gasteiger partial charge on any atom is -0.481 e. The molecule has 5 nitrogen and oxygen atoms in total. The third-order valence-corrected chi connectivity index (χ3v) is 4.95. The molecule has 0 saturated carbocycles. The molecule has 136 valence electrons. The highest BCUT2D eigenvalue weighted by Gasteiger charge is 2.19. The van der Waals surface area contributed by atoms with Crippen LogP contribution in [0.5, 0.6) is 5.75 Å². The second kappa shape index (κ2) is 7.70. The van der Waals surface area contributed by atoms with E-state index in [0.29, 0.717) is 24.4 Å². The number of aromatic nitrogens is 1. The van der Waals surface area contributed by atoms with Gasteiger partial charge >= 0.3 is 4.87 Å². The molecule has 26 heavy (non-hydrogen) atoms.